The molecule has 0 fully saturated rings. The van der Waals surface area contributed by atoms with E-state index in [1.165, 1.54) is 44.7 Å². The van der Waals surface area contributed by atoms with Gasteiger partial charge in [0, 0.05) is 26.1 Å². The molecule has 1 aromatic rings. The molecule has 1 aromatic carbocycles. The monoisotopic (exact) mass is 741 g/mol. The minimum Gasteiger partial charge on any atom is -0.464 e. The number of nitrogens with zero attached hydrogens (tertiary/aromatic N) is 2. The van der Waals surface area contributed by atoms with Crippen molar-refractivity contribution in [3.63, 3.8) is 0 Å². The first-order chi connectivity index (χ1) is 24.8. The predicted octanol–water partition coefficient (Wildman–Crippen LogP) is 2.69. The number of cyclic esters (lactones) is 2. The van der Waals surface area contributed by atoms with E-state index in [1.54, 1.807) is 45.9 Å². The number of carbonyl (C=O) groups is 7. The van der Waals surface area contributed by atoms with Crippen LogP contribution in [-0.4, -0.2) is 108 Å². The fourth-order valence-corrected chi connectivity index (χ4v) is 5.64. The van der Waals surface area contributed by atoms with Gasteiger partial charge in [-0.25, -0.2) is 9.59 Å². The zero-order valence-electron chi connectivity index (χ0n) is 32.9. The maximum absolute atomic E-state index is 14.0. The Morgan fingerprint density at radius 3 is 2.15 bits per heavy atom. The summed E-state index contributed by atoms with van der Waals surface area (Å²) in [7, 11) is 2.87. The lowest BCUT2D eigenvalue weighted by Gasteiger charge is -2.33. The van der Waals surface area contributed by atoms with Crippen molar-refractivity contribution in [2.75, 3.05) is 27.2 Å². The minimum absolute atomic E-state index is 0.0777. The van der Waals surface area contributed by atoms with Gasteiger partial charge in [-0.1, -0.05) is 70.5 Å². The van der Waals surface area contributed by atoms with Gasteiger partial charge in [-0.2, -0.15) is 0 Å². The lowest BCUT2D eigenvalue weighted by Crippen LogP contribution is -2.59. The van der Waals surface area contributed by atoms with Gasteiger partial charge in [0.15, 0.2) is 6.10 Å². The van der Waals surface area contributed by atoms with E-state index in [0.29, 0.717) is 31.3 Å². The van der Waals surface area contributed by atoms with Crippen molar-refractivity contribution in [2.45, 2.75) is 117 Å². The standard InChI is InChI=1S/C39H59N5O9/c1-11-25(4)31-33(46)42-39(7,8)38(51)52-21-17-13-14-18-26(5)37(50)53-32(24(2)3)34(47)40-27(6)35(48)44(10)29(22-28-19-15-12-16-20-28)36(49)43(9)23-30(45)41-31/h12,15-16,18-20,24-25,27,29,31-32H,11,13-14,17,21-23H2,1-10H3,(H,40,47)(H,41,45)(H,42,46)/b26-18+/t25?,27-,29+,31-,32+/m0/s1. The van der Waals surface area contributed by atoms with Gasteiger partial charge < -0.3 is 35.2 Å². The molecule has 1 aliphatic rings. The van der Waals surface area contributed by atoms with Crippen LogP contribution >= 0.6 is 0 Å². The number of hydrogen-bond acceptors (Lipinski definition) is 9. The fraction of sp³-hybridized carbons (Fsp3) is 0.615. The Hall–Kier alpha value is -4.75. The van der Waals surface area contributed by atoms with Crippen LogP contribution in [0, 0.1) is 11.8 Å². The van der Waals surface area contributed by atoms with Crippen molar-refractivity contribution in [2.24, 2.45) is 11.8 Å². The molecule has 294 valence electrons. The topological polar surface area (TPSA) is 181 Å². The van der Waals surface area contributed by atoms with Gasteiger partial charge in [0.25, 0.3) is 5.91 Å². The Morgan fingerprint density at radius 2 is 1.55 bits per heavy atom. The molecule has 1 heterocycles. The molecule has 0 spiro atoms. The summed E-state index contributed by atoms with van der Waals surface area (Å²) in [4.78, 5) is 96.4. The predicted molar refractivity (Wildman–Crippen MR) is 199 cm³/mol. The molecule has 0 radical (unpaired) electrons. The summed E-state index contributed by atoms with van der Waals surface area (Å²) < 4.78 is 11.0. The van der Waals surface area contributed by atoms with Gasteiger partial charge in [-0.15, -0.1) is 0 Å². The van der Waals surface area contributed by atoms with E-state index in [9.17, 15) is 33.6 Å². The molecule has 0 aliphatic carbocycles. The van der Waals surface area contributed by atoms with E-state index in [2.05, 4.69) is 16.0 Å². The van der Waals surface area contributed by atoms with E-state index in [4.69, 9.17) is 9.47 Å². The summed E-state index contributed by atoms with van der Waals surface area (Å²) in [6.45, 7) is 12.8. The highest BCUT2D eigenvalue weighted by Gasteiger charge is 2.37. The van der Waals surface area contributed by atoms with Crippen LogP contribution in [0.15, 0.2) is 42.0 Å². The SMILES string of the molecule is CCC(C)[C@@H]1NC(=O)CN(C)C(=O)[C@@H](Cc2ccccc2)N(C)C(=O)[C@H](C)NC(=O)[C@@H](C(C)C)OC(=O)/C(C)=C/CCCCOC(=O)C(C)(C)NC1=O. The fourth-order valence-electron chi connectivity index (χ4n) is 5.64. The first-order valence-electron chi connectivity index (χ1n) is 18.3. The first-order valence-corrected chi connectivity index (χ1v) is 18.3. The molecule has 1 aliphatic heterocycles. The maximum atomic E-state index is 14.0. The van der Waals surface area contributed by atoms with Crippen molar-refractivity contribution < 1.29 is 43.0 Å². The third-order valence-corrected chi connectivity index (χ3v) is 9.32. The summed E-state index contributed by atoms with van der Waals surface area (Å²) in [5, 5.41) is 8.08. The Kier molecular flexibility index (Phi) is 17.2. The number of amides is 5. The van der Waals surface area contributed by atoms with Crippen molar-refractivity contribution in [3.05, 3.63) is 47.5 Å². The molecule has 3 N–H and O–H groups in total. The molecule has 0 saturated heterocycles. The zero-order chi connectivity index (χ0) is 40.0. The van der Waals surface area contributed by atoms with Crippen LogP contribution in [0.2, 0.25) is 0 Å². The molecule has 53 heavy (non-hydrogen) atoms. The number of esters is 2. The van der Waals surface area contributed by atoms with Gasteiger partial charge in [0.1, 0.15) is 23.7 Å². The summed E-state index contributed by atoms with van der Waals surface area (Å²) in [6, 6.07) is 5.84. The molecule has 5 atom stereocenters. The average molecular weight is 742 g/mol. The van der Waals surface area contributed by atoms with E-state index >= 15 is 0 Å². The smallest absolute Gasteiger partial charge is 0.334 e. The van der Waals surface area contributed by atoms with E-state index in [1.807, 2.05) is 25.1 Å². The van der Waals surface area contributed by atoms with Crippen molar-refractivity contribution in [3.8, 4) is 0 Å². The van der Waals surface area contributed by atoms with Crippen molar-refractivity contribution in [1.29, 1.82) is 0 Å². The molecule has 5 amide bonds. The summed E-state index contributed by atoms with van der Waals surface area (Å²) in [6.07, 6.45) is 2.66. The van der Waals surface area contributed by atoms with Crippen molar-refractivity contribution >= 4 is 41.5 Å². The number of carbonyl (C=O) groups excluding carboxylic acids is 7. The third kappa shape index (κ3) is 13.3. The van der Waals surface area contributed by atoms with E-state index in [-0.39, 0.29) is 18.9 Å². The summed E-state index contributed by atoms with van der Waals surface area (Å²) in [5.74, 6) is -5.08. The summed E-state index contributed by atoms with van der Waals surface area (Å²) in [5.41, 5.74) is -0.363. The molecule has 0 bridgehead atoms. The molecular formula is C39H59N5O9. The largest absolute Gasteiger partial charge is 0.464 e. The molecule has 14 heteroatoms. The second-order valence-corrected chi connectivity index (χ2v) is 14.7. The van der Waals surface area contributed by atoms with Crippen LogP contribution in [-0.2, 0) is 49.5 Å². The Morgan fingerprint density at radius 1 is 0.906 bits per heavy atom. The van der Waals surface area contributed by atoms with Crippen LogP contribution in [0.25, 0.3) is 0 Å². The highest BCUT2D eigenvalue weighted by atomic mass is 16.5. The minimum atomic E-state index is -1.41. The van der Waals surface area contributed by atoms with Gasteiger partial charge in [-0.3, -0.25) is 24.0 Å². The maximum Gasteiger partial charge on any atom is 0.334 e. The number of ether oxygens (including phenoxy) is 2. The molecule has 1 unspecified atom stereocenters. The van der Waals surface area contributed by atoms with Gasteiger partial charge in [0.05, 0.1) is 13.2 Å². The average Bonchev–Trinajstić information content (AvgIpc) is 3.10. The zero-order valence-corrected chi connectivity index (χ0v) is 32.9. The van der Waals surface area contributed by atoms with Crippen LogP contribution in [0.5, 0.6) is 0 Å². The lowest BCUT2D eigenvalue weighted by molar-refractivity contribution is -0.156. The third-order valence-electron chi connectivity index (χ3n) is 9.32. The van der Waals surface area contributed by atoms with Crippen molar-refractivity contribution in [1.82, 2.24) is 25.8 Å². The summed E-state index contributed by atoms with van der Waals surface area (Å²) >= 11 is 0. The second-order valence-electron chi connectivity index (χ2n) is 14.7. The van der Waals surface area contributed by atoms with E-state index in [0.717, 1.165) is 5.56 Å². The number of hydrogen-bond donors (Lipinski definition) is 3. The van der Waals surface area contributed by atoms with Crippen LogP contribution in [0.1, 0.15) is 86.6 Å². The van der Waals surface area contributed by atoms with Gasteiger partial charge in [-0.05, 0) is 64.4 Å². The van der Waals surface area contributed by atoms with E-state index < -0.39 is 83.7 Å². The van der Waals surface area contributed by atoms with Gasteiger partial charge in [0.2, 0.25) is 23.6 Å². The molecule has 2 rings (SSSR count). The molecule has 14 nitrogen and oxygen atoms in total. The first kappa shape index (κ1) is 44.4. The van der Waals surface area contributed by atoms with Crippen LogP contribution in [0.4, 0.5) is 0 Å². The number of rotatable bonds is 5. The second kappa shape index (κ2) is 20.5. The number of nitrogens with one attached hydrogen (secondary N) is 3. The number of likely N-dealkylation sites (N-methyl/N-ethyl adjacent to an activating group) is 2. The normalized spacial score (nSPS) is 25.7. The van der Waals surface area contributed by atoms with Crippen LogP contribution < -0.4 is 16.0 Å². The Labute approximate surface area is 313 Å². The Balaban J connectivity index is 2.49. The highest BCUT2D eigenvalue weighted by molar-refractivity contribution is 5.96. The molecule has 0 aromatic heterocycles. The quantitative estimate of drug-likeness (QED) is 0.383. The molecule has 0 saturated carbocycles. The van der Waals surface area contributed by atoms with Gasteiger partial charge >= 0.3 is 11.9 Å². The highest BCUT2D eigenvalue weighted by Crippen LogP contribution is 2.16. The Bertz CT molecular complexity index is 1490. The molecular weight excluding hydrogens is 682 g/mol. The number of benzene rings is 1. The van der Waals surface area contributed by atoms with Crippen LogP contribution in [0.3, 0.4) is 0 Å². The lowest BCUT2D eigenvalue weighted by atomic mass is 9.96. The number of allylic oxidation sites excluding steroid dienone is 1.